The van der Waals surface area contributed by atoms with E-state index in [0.717, 1.165) is 32.0 Å². The zero-order valence-corrected chi connectivity index (χ0v) is 10.6. The van der Waals surface area contributed by atoms with Crippen LogP contribution in [-0.2, 0) is 0 Å². The molecule has 0 aromatic rings. The van der Waals surface area contributed by atoms with E-state index < -0.39 is 0 Å². The Balaban J connectivity index is 2.13. The summed E-state index contributed by atoms with van der Waals surface area (Å²) in [5, 5.41) is 0. The molecule has 0 radical (unpaired) electrons. The molecule has 3 nitrogen and oxygen atoms in total. The number of likely N-dealkylation sites (tertiary alicyclic amines) is 1. The Bertz CT molecular complexity index is 188. The molecule has 1 heterocycles. The molecule has 1 aliphatic heterocycles. The van der Waals surface area contributed by atoms with Crippen molar-refractivity contribution in [3.63, 3.8) is 0 Å². The van der Waals surface area contributed by atoms with Crippen LogP contribution in [0, 0.1) is 0 Å². The Morgan fingerprint density at radius 3 is 2.67 bits per heavy atom. The molecule has 2 N–H and O–H groups in total. The minimum Gasteiger partial charge on any atom is -0.370 e. The predicted molar refractivity (Wildman–Crippen MR) is 69.5 cm³/mol. The third-order valence-electron chi connectivity index (χ3n) is 2.71. The van der Waals surface area contributed by atoms with Crippen molar-refractivity contribution in [2.24, 2.45) is 10.7 Å². The number of aliphatic imine (C=N–C) groups is 1. The molecule has 0 unspecified atom stereocenters. The number of piperidine rings is 1. The largest absolute Gasteiger partial charge is 0.370 e. The second-order valence-electron chi connectivity index (χ2n) is 3.99. The fourth-order valence-electron chi connectivity index (χ4n) is 1.77. The molecule has 4 heteroatoms. The summed E-state index contributed by atoms with van der Waals surface area (Å²) in [6, 6.07) is 0. The van der Waals surface area contributed by atoms with Crippen LogP contribution in [0.2, 0.25) is 0 Å². The van der Waals surface area contributed by atoms with Gasteiger partial charge in [-0.1, -0.05) is 0 Å². The van der Waals surface area contributed by atoms with Crippen LogP contribution in [0.3, 0.4) is 0 Å². The summed E-state index contributed by atoms with van der Waals surface area (Å²) in [6.07, 6.45) is 8.43. The van der Waals surface area contributed by atoms with Gasteiger partial charge in [0.1, 0.15) is 0 Å². The Morgan fingerprint density at radius 2 is 2.00 bits per heavy atom. The summed E-state index contributed by atoms with van der Waals surface area (Å²) in [5.74, 6) is 2.00. The summed E-state index contributed by atoms with van der Waals surface area (Å²) >= 11 is 1.90. The van der Waals surface area contributed by atoms with Gasteiger partial charge in [-0.05, 0) is 44.1 Å². The Kier molecular flexibility index (Phi) is 6.64. The lowest BCUT2D eigenvalue weighted by Crippen LogP contribution is -2.40. The van der Waals surface area contributed by atoms with E-state index in [1.807, 2.05) is 11.8 Å². The van der Waals surface area contributed by atoms with E-state index in [4.69, 9.17) is 5.73 Å². The second-order valence-corrected chi connectivity index (χ2v) is 4.97. The van der Waals surface area contributed by atoms with E-state index in [9.17, 15) is 0 Å². The van der Waals surface area contributed by atoms with Gasteiger partial charge in [0.05, 0.1) is 0 Å². The summed E-state index contributed by atoms with van der Waals surface area (Å²) in [4.78, 5) is 6.65. The summed E-state index contributed by atoms with van der Waals surface area (Å²) in [6.45, 7) is 3.09. The highest BCUT2D eigenvalue weighted by Crippen LogP contribution is 2.08. The van der Waals surface area contributed by atoms with Crippen molar-refractivity contribution in [3.8, 4) is 0 Å². The van der Waals surface area contributed by atoms with Gasteiger partial charge in [-0.15, -0.1) is 0 Å². The Labute approximate surface area is 97.5 Å². The van der Waals surface area contributed by atoms with Crippen molar-refractivity contribution in [2.45, 2.75) is 32.1 Å². The lowest BCUT2D eigenvalue weighted by molar-refractivity contribution is 0.338. The highest BCUT2D eigenvalue weighted by atomic mass is 32.2. The van der Waals surface area contributed by atoms with Gasteiger partial charge in [-0.3, -0.25) is 4.99 Å². The van der Waals surface area contributed by atoms with E-state index >= 15 is 0 Å². The van der Waals surface area contributed by atoms with Crippen LogP contribution in [0.25, 0.3) is 0 Å². The summed E-state index contributed by atoms with van der Waals surface area (Å²) in [5.41, 5.74) is 5.93. The third kappa shape index (κ3) is 5.30. The maximum atomic E-state index is 5.93. The molecule has 1 aliphatic rings. The van der Waals surface area contributed by atoms with Gasteiger partial charge in [0.15, 0.2) is 5.96 Å². The lowest BCUT2D eigenvalue weighted by atomic mass is 10.1. The van der Waals surface area contributed by atoms with Crippen molar-refractivity contribution in [2.75, 3.05) is 31.6 Å². The van der Waals surface area contributed by atoms with Crippen LogP contribution in [0.4, 0.5) is 0 Å². The lowest BCUT2D eigenvalue weighted by Gasteiger charge is -2.27. The molecule has 1 fully saturated rings. The molecule has 1 rings (SSSR count). The van der Waals surface area contributed by atoms with Gasteiger partial charge >= 0.3 is 0 Å². The zero-order chi connectivity index (χ0) is 10.9. The molecule has 15 heavy (non-hydrogen) atoms. The average molecular weight is 229 g/mol. The van der Waals surface area contributed by atoms with Crippen LogP contribution in [-0.4, -0.2) is 42.5 Å². The van der Waals surface area contributed by atoms with E-state index in [0.29, 0.717) is 0 Å². The molecule has 0 aromatic carbocycles. The molecule has 0 aliphatic carbocycles. The molecule has 0 amide bonds. The number of nitrogens with two attached hydrogens (primary N) is 1. The summed E-state index contributed by atoms with van der Waals surface area (Å²) < 4.78 is 0. The SMILES string of the molecule is CSCCCCN=C(N)N1CCCCC1. The maximum absolute atomic E-state index is 5.93. The van der Waals surface area contributed by atoms with Gasteiger partial charge in [0.25, 0.3) is 0 Å². The van der Waals surface area contributed by atoms with E-state index in [2.05, 4.69) is 16.1 Å². The van der Waals surface area contributed by atoms with Crippen molar-refractivity contribution in [1.29, 1.82) is 0 Å². The predicted octanol–water partition coefficient (Wildman–Crippen LogP) is 1.93. The standard InChI is InChI=1S/C11H23N3S/c1-15-10-6-3-7-13-11(12)14-8-4-2-5-9-14/h2-10H2,1H3,(H2,12,13). The van der Waals surface area contributed by atoms with Crippen LogP contribution in [0.5, 0.6) is 0 Å². The fraction of sp³-hybridized carbons (Fsp3) is 0.909. The second kappa shape index (κ2) is 7.85. The number of nitrogens with zero attached hydrogens (tertiary/aromatic N) is 2. The van der Waals surface area contributed by atoms with Crippen LogP contribution in [0.15, 0.2) is 4.99 Å². The first-order chi connectivity index (χ1) is 7.34. The van der Waals surface area contributed by atoms with E-state index in [1.165, 1.54) is 31.4 Å². The number of hydrogen-bond acceptors (Lipinski definition) is 2. The van der Waals surface area contributed by atoms with Crippen molar-refractivity contribution >= 4 is 17.7 Å². The number of rotatable bonds is 5. The number of thioether (sulfide) groups is 1. The Hall–Kier alpha value is -0.380. The highest BCUT2D eigenvalue weighted by molar-refractivity contribution is 7.98. The topological polar surface area (TPSA) is 41.6 Å². The molecule has 0 spiro atoms. The van der Waals surface area contributed by atoms with E-state index in [-0.39, 0.29) is 0 Å². The molecule has 1 saturated heterocycles. The monoisotopic (exact) mass is 229 g/mol. The highest BCUT2D eigenvalue weighted by Gasteiger charge is 2.11. The first-order valence-corrected chi connectivity index (χ1v) is 7.28. The minimum atomic E-state index is 0.763. The molecule has 0 atom stereocenters. The summed E-state index contributed by atoms with van der Waals surface area (Å²) in [7, 11) is 0. The van der Waals surface area contributed by atoms with Gasteiger partial charge in [0, 0.05) is 19.6 Å². The smallest absolute Gasteiger partial charge is 0.191 e. The number of hydrogen-bond donors (Lipinski definition) is 1. The van der Waals surface area contributed by atoms with E-state index in [1.54, 1.807) is 0 Å². The van der Waals surface area contributed by atoms with Gasteiger partial charge in [-0.25, -0.2) is 0 Å². The minimum absolute atomic E-state index is 0.763. The third-order valence-corrected chi connectivity index (χ3v) is 3.41. The maximum Gasteiger partial charge on any atom is 0.191 e. The quantitative estimate of drug-likeness (QED) is 0.445. The average Bonchev–Trinajstić information content (AvgIpc) is 2.30. The normalized spacial score (nSPS) is 18.2. The number of unbranched alkanes of at least 4 members (excludes halogenated alkanes) is 1. The van der Waals surface area contributed by atoms with Crippen molar-refractivity contribution in [1.82, 2.24) is 4.90 Å². The zero-order valence-electron chi connectivity index (χ0n) is 9.74. The van der Waals surface area contributed by atoms with Crippen LogP contribution < -0.4 is 5.73 Å². The molecule has 88 valence electrons. The van der Waals surface area contributed by atoms with Gasteiger partial charge in [-0.2, -0.15) is 11.8 Å². The molecule has 0 aromatic heterocycles. The van der Waals surface area contributed by atoms with Crippen molar-refractivity contribution < 1.29 is 0 Å². The van der Waals surface area contributed by atoms with Crippen LogP contribution in [0.1, 0.15) is 32.1 Å². The molecular weight excluding hydrogens is 206 g/mol. The van der Waals surface area contributed by atoms with Gasteiger partial charge in [0.2, 0.25) is 0 Å². The Morgan fingerprint density at radius 1 is 1.27 bits per heavy atom. The first-order valence-electron chi connectivity index (χ1n) is 5.88. The van der Waals surface area contributed by atoms with Crippen molar-refractivity contribution in [3.05, 3.63) is 0 Å². The number of guanidine groups is 1. The van der Waals surface area contributed by atoms with Crippen LogP contribution >= 0.6 is 11.8 Å². The molecular formula is C11H23N3S. The van der Waals surface area contributed by atoms with Gasteiger partial charge < -0.3 is 10.6 Å². The molecule has 0 bridgehead atoms. The first kappa shape index (κ1) is 12.7. The fourth-order valence-corrected chi connectivity index (χ4v) is 2.27. The molecule has 0 saturated carbocycles.